The number of para-hydroxylation sites is 2. The molecule has 1 aromatic heterocycles. The van der Waals surface area contributed by atoms with Crippen molar-refractivity contribution in [3.8, 4) is 0 Å². The second-order valence-electron chi connectivity index (χ2n) is 6.64. The van der Waals surface area contributed by atoms with Crippen molar-refractivity contribution in [1.82, 2.24) is 14.9 Å². The van der Waals surface area contributed by atoms with E-state index in [2.05, 4.69) is 54.1 Å². The Hall–Kier alpha value is -2.62. The Morgan fingerprint density at radius 3 is 2.46 bits per heavy atom. The maximum absolute atomic E-state index is 12.3. The third-order valence-corrected chi connectivity index (χ3v) is 4.98. The van der Waals surface area contributed by atoms with E-state index in [1.165, 1.54) is 5.56 Å². The van der Waals surface area contributed by atoms with Crippen LogP contribution in [0.5, 0.6) is 0 Å². The summed E-state index contributed by atoms with van der Waals surface area (Å²) in [6.07, 6.45) is 2.67. The van der Waals surface area contributed by atoms with Gasteiger partial charge in [0, 0.05) is 12.5 Å². The standard InChI is InChI=1S/C22H27N3O/c1-3-18(4-2)22(26)23-16-21-24-19-12-8-9-13-20(19)25(21)15-14-17-10-6-5-7-11-17/h5-13,18H,3-4,14-16H2,1-2H3,(H,23,26). The molecule has 26 heavy (non-hydrogen) atoms. The monoisotopic (exact) mass is 349 g/mol. The lowest BCUT2D eigenvalue weighted by molar-refractivity contribution is -0.125. The highest BCUT2D eigenvalue weighted by atomic mass is 16.1. The van der Waals surface area contributed by atoms with Crippen LogP contribution in [0, 0.1) is 5.92 Å². The van der Waals surface area contributed by atoms with E-state index in [0.717, 1.165) is 42.7 Å². The molecular formula is C22H27N3O. The summed E-state index contributed by atoms with van der Waals surface area (Å²) in [5.74, 6) is 1.12. The van der Waals surface area contributed by atoms with E-state index in [1.54, 1.807) is 0 Å². The topological polar surface area (TPSA) is 46.9 Å². The molecule has 4 heteroatoms. The van der Waals surface area contributed by atoms with Crippen molar-refractivity contribution in [2.45, 2.75) is 46.2 Å². The van der Waals surface area contributed by atoms with E-state index in [4.69, 9.17) is 4.98 Å². The molecule has 136 valence electrons. The van der Waals surface area contributed by atoms with Crippen LogP contribution in [0.4, 0.5) is 0 Å². The summed E-state index contributed by atoms with van der Waals surface area (Å²) in [4.78, 5) is 17.1. The SMILES string of the molecule is CCC(CC)C(=O)NCc1nc2ccccc2n1CCc1ccccc1. The first-order chi connectivity index (χ1) is 12.7. The number of aromatic nitrogens is 2. The molecule has 0 aliphatic rings. The summed E-state index contributed by atoms with van der Waals surface area (Å²) in [5.41, 5.74) is 3.40. The van der Waals surface area contributed by atoms with E-state index >= 15 is 0 Å². The number of carbonyl (C=O) groups is 1. The van der Waals surface area contributed by atoms with E-state index in [-0.39, 0.29) is 11.8 Å². The van der Waals surface area contributed by atoms with Crippen LogP contribution in [0.1, 0.15) is 38.1 Å². The number of carbonyl (C=O) groups excluding carboxylic acids is 1. The van der Waals surface area contributed by atoms with Crippen LogP contribution in [0.3, 0.4) is 0 Å². The Labute approximate surface area is 155 Å². The van der Waals surface area contributed by atoms with Crippen LogP contribution in [-0.4, -0.2) is 15.5 Å². The fraction of sp³-hybridized carbons (Fsp3) is 0.364. The van der Waals surface area contributed by atoms with Crippen LogP contribution in [0.25, 0.3) is 11.0 Å². The minimum Gasteiger partial charge on any atom is -0.349 e. The largest absolute Gasteiger partial charge is 0.349 e. The van der Waals surface area contributed by atoms with Crippen LogP contribution < -0.4 is 5.32 Å². The van der Waals surface area contributed by atoms with E-state index in [9.17, 15) is 4.79 Å². The molecular weight excluding hydrogens is 322 g/mol. The molecule has 0 radical (unpaired) electrons. The number of nitrogens with zero attached hydrogens (tertiary/aromatic N) is 2. The zero-order valence-corrected chi connectivity index (χ0v) is 15.6. The summed E-state index contributed by atoms with van der Waals surface area (Å²) in [6, 6.07) is 18.6. The average molecular weight is 349 g/mol. The van der Waals surface area contributed by atoms with Gasteiger partial charge in [0.15, 0.2) is 0 Å². The minimum atomic E-state index is 0.0807. The number of amides is 1. The summed E-state index contributed by atoms with van der Waals surface area (Å²) in [6.45, 7) is 5.44. The van der Waals surface area contributed by atoms with Crippen LogP contribution in [0.2, 0.25) is 0 Å². The Balaban J connectivity index is 1.79. The van der Waals surface area contributed by atoms with E-state index < -0.39 is 0 Å². The molecule has 0 saturated heterocycles. The number of hydrogen-bond acceptors (Lipinski definition) is 2. The molecule has 0 saturated carbocycles. The molecule has 0 spiro atoms. The van der Waals surface area contributed by atoms with Gasteiger partial charge in [0.05, 0.1) is 17.6 Å². The molecule has 0 unspecified atom stereocenters. The van der Waals surface area contributed by atoms with Crippen LogP contribution in [0.15, 0.2) is 54.6 Å². The second kappa shape index (κ2) is 8.65. The molecule has 2 aromatic carbocycles. The smallest absolute Gasteiger partial charge is 0.223 e. The Morgan fingerprint density at radius 1 is 1.04 bits per heavy atom. The molecule has 0 atom stereocenters. The third-order valence-electron chi connectivity index (χ3n) is 4.98. The molecule has 3 rings (SSSR count). The normalized spacial score (nSPS) is 11.2. The number of fused-ring (bicyclic) bond motifs is 1. The van der Waals surface area contributed by atoms with Crippen molar-refractivity contribution < 1.29 is 4.79 Å². The molecule has 0 bridgehead atoms. The fourth-order valence-electron chi connectivity index (χ4n) is 3.37. The molecule has 0 aliphatic carbocycles. The second-order valence-corrected chi connectivity index (χ2v) is 6.64. The van der Waals surface area contributed by atoms with Gasteiger partial charge in [-0.15, -0.1) is 0 Å². The number of imidazole rings is 1. The Bertz CT molecular complexity index is 850. The third kappa shape index (κ3) is 4.13. The molecule has 3 aromatic rings. The highest BCUT2D eigenvalue weighted by Crippen LogP contribution is 2.17. The van der Waals surface area contributed by atoms with Crippen molar-refractivity contribution in [3.63, 3.8) is 0 Å². The van der Waals surface area contributed by atoms with Crippen molar-refractivity contribution >= 4 is 16.9 Å². The maximum atomic E-state index is 12.3. The minimum absolute atomic E-state index is 0.0807. The van der Waals surface area contributed by atoms with Gasteiger partial charge in [-0.25, -0.2) is 4.98 Å². The zero-order valence-electron chi connectivity index (χ0n) is 15.6. The highest BCUT2D eigenvalue weighted by molar-refractivity contribution is 5.79. The summed E-state index contributed by atoms with van der Waals surface area (Å²) >= 11 is 0. The lowest BCUT2D eigenvalue weighted by atomic mass is 10.0. The van der Waals surface area contributed by atoms with Crippen molar-refractivity contribution in [3.05, 3.63) is 66.0 Å². The van der Waals surface area contributed by atoms with Crippen LogP contribution in [-0.2, 0) is 24.3 Å². The molecule has 4 nitrogen and oxygen atoms in total. The lowest BCUT2D eigenvalue weighted by Crippen LogP contribution is -2.30. The summed E-state index contributed by atoms with van der Waals surface area (Å²) in [7, 11) is 0. The Kier molecular flexibility index (Phi) is 6.05. The van der Waals surface area contributed by atoms with Gasteiger partial charge in [-0.05, 0) is 37.0 Å². The first kappa shape index (κ1) is 18.2. The number of aryl methyl sites for hydroxylation is 2. The van der Waals surface area contributed by atoms with Gasteiger partial charge in [-0.3, -0.25) is 4.79 Å². The van der Waals surface area contributed by atoms with Gasteiger partial charge >= 0.3 is 0 Å². The van der Waals surface area contributed by atoms with Gasteiger partial charge in [-0.2, -0.15) is 0 Å². The predicted molar refractivity (Wildman–Crippen MR) is 106 cm³/mol. The first-order valence-corrected chi connectivity index (χ1v) is 9.48. The highest BCUT2D eigenvalue weighted by Gasteiger charge is 2.16. The van der Waals surface area contributed by atoms with Gasteiger partial charge < -0.3 is 9.88 Å². The average Bonchev–Trinajstić information content (AvgIpc) is 3.04. The summed E-state index contributed by atoms with van der Waals surface area (Å²) in [5, 5.41) is 3.08. The van der Waals surface area contributed by atoms with Gasteiger partial charge in [-0.1, -0.05) is 56.3 Å². The quantitative estimate of drug-likeness (QED) is 0.658. The number of benzene rings is 2. The van der Waals surface area contributed by atoms with Crippen molar-refractivity contribution in [1.29, 1.82) is 0 Å². The number of rotatable bonds is 8. The molecule has 1 N–H and O–H groups in total. The first-order valence-electron chi connectivity index (χ1n) is 9.48. The molecule has 0 aliphatic heterocycles. The van der Waals surface area contributed by atoms with Crippen molar-refractivity contribution in [2.24, 2.45) is 5.92 Å². The predicted octanol–water partition coefficient (Wildman–Crippen LogP) is 4.33. The lowest BCUT2D eigenvalue weighted by Gasteiger charge is -2.14. The van der Waals surface area contributed by atoms with Gasteiger partial charge in [0.2, 0.25) is 5.91 Å². The summed E-state index contributed by atoms with van der Waals surface area (Å²) < 4.78 is 2.23. The molecule has 0 fully saturated rings. The molecule has 1 heterocycles. The molecule has 1 amide bonds. The fourth-order valence-corrected chi connectivity index (χ4v) is 3.37. The van der Waals surface area contributed by atoms with E-state index in [1.807, 2.05) is 24.3 Å². The maximum Gasteiger partial charge on any atom is 0.223 e. The Morgan fingerprint density at radius 2 is 1.73 bits per heavy atom. The zero-order chi connectivity index (χ0) is 18.4. The number of nitrogens with one attached hydrogen (secondary N) is 1. The van der Waals surface area contributed by atoms with Crippen molar-refractivity contribution in [2.75, 3.05) is 0 Å². The van der Waals surface area contributed by atoms with Gasteiger partial charge in [0.1, 0.15) is 5.82 Å². The van der Waals surface area contributed by atoms with Gasteiger partial charge in [0.25, 0.3) is 0 Å². The number of hydrogen-bond donors (Lipinski definition) is 1. The van der Waals surface area contributed by atoms with Crippen LogP contribution >= 0.6 is 0 Å². The van der Waals surface area contributed by atoms with E-state index in [0.29, 0.717) is 6.54 Å².